The van der Waals surface area contributed by atoms with Crippen LogP contribution >= 0.6 is 23.1 Å². The molecule has 33 heavy (non-hydrogen) atoms. The number of thioether (sulfide) groups is 1. The number of aromatic amines is 1. The van der Waals surface area contributed by atoms with Crippen LogP contribution < -0.4 is 5.56 Å². The number of likely N-dealkylation sites (tertiary alicyclic amines) is 1. The maximum absolute atomic E-state index is 12.7. The summed E-state index contributed by atoms with van der Waals surface area (Å²) in [6.45, 7) is 5.04. The third-order valence-electron chi connectivity index (χ3n) is 6.88. The summed E-state index contributed by atoms with van der Waals surface area (Å²) in [7, 11) is 0. The largest absolute Gasteiger partial charge is 0.342 e. The SMILES string of the molecule is O=C(CSCc1nc2sc3c(c2c(=O)[nH]1)CCC3)N1CCN(CC(=O)N2CCCCC2)CC1. The fourth-order valence-corrected chi connectivity index (χ4v) is 7.10. The van der Waals surface area contributed by atoms with Crippen molar-refractivity contribution in [3.05, 3.63) is 26.6 Å². The average molecular weight is 490 g/mol. The molecule has 1 aliphatic carbocycles. The second-order valence-electron chi connectivity index (χ2n) is 9.14. The Morgan fingerprint density at radius 1 is 0.939 bits per heavy atom. The molecule has 1 N–H and O–H groups in total. The summed E-state index contributed by atoms with van der Waals surface area (Å²) in [5.41, 5.74) is 1.14. The topological polar surface area (TPSA) is 89.6 Å². The molecule has 10 heteroatoms. The molecular weight excluding hydrogens is 458 g/mol. The van der Waals surface area contributed by atoms with Crippen LogP contribution in [0.5, 0.6) is 0 Å². The molecular formula is C23H31N5O3S2. The Morgan fingerprint density at radius 2 is 1.70 bits per heavy atom. The number of aryl methyl sites for hydroxylation is 2. The predicted molar refractivity (Wildman–Crippen MR) is 132 cm³/mol. The fraction of sp³-hybridized carbons (Fsp3) is 0.652. The van der Waals surface area contributed by atoms with Crippen molar-refractivity contribution in [1.82, 2.24) is 24.7 Å². The van der Waals surface area contributed by atoms with Gasteiger partial charge in [-0.15, -0.1) is 23.1 Å². The van der Waals surface area contributed by atoms with Gasteiger partial charge in [0.15, 0.2) is 0 Å². The van der Waals surface area contributed by atoms with Gasteiger partial charge in [-0.2, -0.15) is 0 Å². The van der Waals surface area contributed by atoms with Crippen LogP contribution in [0.2, 0.25) is 0 Å². The lowest BCUT2D eigenvalue weighted by Crippen LogP contribution is -2.52. The van der Waals surface area contributed by atoms with Crippen LogP contribution in [0.15, 0.2) is 4.79 Å². The number of fused-ring (bicyclic) bond motifs is 3. The Morgan fingerprint density at radius 3 is 2.48 bits per heavy atom. The van der Waals surface area contributed by atoms with Crippen molar-refractivity contribution >= 4 is 45.1 Å². The van der Waals surface area contributed by atoms with E-state index in [0.29, 0.717) is 37.0 Å². The number of aromatic nitrogens is 2. The first-order valence-corrected chi connectivity index (χ1v) is 13.9. The van der Waals surface area contributed by atoms with Crippen LogP contribution in [0.1, 0.15) is 41.9 Å². The van der Waals surface area contributed by atoms with Crippen molar-refractivity contribution in [3.8, 4) is 0 Å². The van der Waals surface area contributed by atoms with Gasteiger partial charge in [0.1, 0.15) is 10.7 Å². The van der Waals surface area contributed by atoms with Crippen molar-refractivity contribution in [2.24, 2.45) is 0 Å². The van der Waals surface area contributed by atoms with Crippen LogP contribution in [0.25, 0.3) is 10.2 Å². The van der Waals surface area contributed by atoms with Gasteiger partial charge in [0.05, 0.1) is 23.4 Å². The molecule has 0 atom stereocenters. The summed E-state index contributed by atoms with van der Waals surface area (Å²) >= 11 is 3.14. The molecule has 2 aliphatic heterocycles. The predicted octanol–water partition coefficient (Wildman–Crippen LogP) is 1.86. The van der Waals surface area contributed by atoms with E-state index in [1.54, 1.807) is 11.3 Å². The molecule has 2 fully saturated rings. The number of thiophene rings is 1. The lowest BCUT2D eigenvalue weighted by Gasteiger charge is -2.36. The zero-order valence-corrected chi connectivity index (χ0v) is 20.6. The Hall–Kier alpha value is -1.91. The standard InChI is InChI=1S/C23H31N5O3S2/c29-19(27-7-2-1-3-8-27)13-26-9-11-28(12-10-26)20(30)15-32-14-18-24-22(31)21-16-5-4-6-17(16)33-23(21)25-18/h1-15H2,(H,24,25,31). The summed E-state index contributed by atoms with van der Waals surface area (Å²) < 4.78 is 0. The molecule has 2 aromatic rings. The Kier molecular flexibility index (Phi) is 7.03. The molecule has 0 spiro atoms. The molecule has 3 aliphatic rings. The molecule has 178 valence electrons. The number of nitrogens with one attached hydrogen (secondary N) is 1. The summed E-state index contributed by atoms with van der Waals surface area (Å²) in [5, 5.41) is 0.772. The third kappa shape index (κ3) is 5.12. The highest BCUT2D eigenvalue weighted by Gasteiger charge is 2.25. The van der Waals surface area contributed by atoms with Gasteiger partial charge in [-0.1, -0.05) is 0 Å². The van der Waals surface area contributed by atoms with Crippen LogP contribution in [0.3, 0.4) is 0 Å². The van der Waals surface area contributed by atoms with E-state index >= 15 is 0 Å². The zero-order valence-electron chi connectivity index (χ0n) is 18.9. The van der Waals surface area contributed by atoms with Gasteiger partial charge in [-0.05, 0) is 44.1 Å². The minimum Gasteiger partial charge on any atom is -0.342 e. The van der Waals surface area contributed by atoms with Gasteiger partial charge < -0.3 is 14.8 Å². The zero-order chi connectivity index (χ0) is 22.8. The quantitative estimate of drug-likeness (QED) is 0.666. The minimum atomic E-state index is -0.0449. The van der Waals surface area contributed by atoms with Crippen molar-refractivity contribution in [2.75, 3.05) is 51.6 Å². The van der Waals surface area contributed by atoms with E-state index in [2.05, 4.69) is 14.9 Å². The van der Waals surface area contributed by atoms with Gasteiger partial charge in [0, 0.05) is 44.1 Å². The Bertz CT molecular complexity index is 1080. The van der Waals surface area contributed by atoms with Crippen LogP contribution in [0, 0.1) is 0 Å². The number of piperidine rings is 1. The first-order valence-electron chi connectivity index (χ1n) is 12.0. The van der Waals surface area contributed by atoms with Crippen LogP contribution in [-0.4, -0.2) is 88.0 Å². The number of nitrogens with zero attached hydrogens (tertiary/aromatic N) is 4. The average Bonchev–Trinajstić information content (AvgIpc) is 3.41. The summed E-state index contributed by atoms with van der Waals surface area (Å²) in [4.78, 5) is 53.5. The van der Waals surface area contributed by atoms with Crippen molar-refractivity contribution in [2.45, 2.75) is 44.3 Å². The van der Waals surface area contributed by atoms with Gasteiger partial charge in [0.2, 0.25) is 11.8 Å². The lowest BCUT2D eigenvalue weighted by molar-refractivity contribution is -0.134. The Labute approximate surface area is 201 Å². The molecule has 0 saturated carbocycles. The van der Waals surface area contributed by atoms with Gasteiger partial charge >= 0.3 is 0 Å². The van der Waals surface area contributed by atoms with Crippen molar-refractivity contribution < 1.29 is 9.59 Å². The summed E-state index contributed by atoms with van der Waals surface area (Å²) in [6.07, 6.45) is 6.59. The fourth-order valence-electron chi connectivity index (χ4n) is 5.03. The first-order chi connectivity index (χ1) is 16.1. The smallest absolute Gasteiger partial charge is 0.259 e. The van der Waals surface area contributed by atoms with E-state index in [1.165, 1.54) is 28.6 Å². The normalized spacial score (nSPS) is 19.3. The summed E-state index contributed by atoms with van der Waals surface area (Å²) in [6, 6.07) is 0. The highest BCUT2D eigenvalue weighted by Crippen LogP contribution is 2.34. The number of carbonyl (C=O) groups is 2. The van der Waals surface area contributed by atoms with Gasteiger partial charge in [-0.3, -0.25) is 19.3 Å². The van der Waals surface area contributed by atoms with E-state index in [0.717, 1.165) is 68.5 Å². The van der Waals surface area contributed by atoms with E-state index < -0.39 is 0 Å². The number of hydrogen-bond acceptors (Lipinski definition) is 7. The number of H-pyrrole nitrogens is 1. The van der Waals surface area contributed by atoms with E-state index in [4.69, 9.17) is 0 Å². The molecule has 8 nitrogen and oxygen atoms in total. The first kappa shape index (κ1) is 22.9. The molecule has 2 amide bonds. The number of rotatable bonds is 6. The highest BCUT2D eigenvalue weighted by molar-refractivity contribution is 7.99. The van der Waals surface area contributed by atoms with Gasteiger partial charge in [0.25, 0.3) is 5.56 Å². The molecule has 0 unspecified atom stereocenters. The van der Waals surface area contributed by atoms with Crippen LogP contribution in [0.4, 0.5) is 0 Å². The second-order valence-corrected chi connectivity index (χ2v) is 11.2. The lowest BCUT2D eigenvalue weighted by atomic mass is 10.1. The van der Waals surface area contributed by atoms with Crippen LogP contribution in [-0.2, 0) is 28.2 Å². The molecule has 2 saturated heterocycles. The van der Waals surface area contributed by atoms with E-state index in [1.807, 2.05) is 9.80 Å². The van der Waals surface area contributed by atoms with Crippen molar-refractivity contribution in [3.63, 3.8) is 0 Å². The Balaban J connectivity index is 1.07. The number of hydrogen-bond donors (Lipinski definition) is 1. The molecule has 0 radical (unpaired) electrons. The third-order valence-corrected chi connectivity index (χ3v) is 9.00. The van der Waals surface area contributed by atoms with E-state index in [-0.39, 0.29) is 17.4 Å². The summed E-state index contributed by atoms with van der Waals surface area (Å²) in [5.74, 6) is 1.87. The van der Waals surface area contributed by atoms with E-state index in [9.17, 15) is 14.4 Å². The highest BCUT2D eigenvalue weighted by atomic mass is 32.2. The molecule has 2 aromatic heterocycles. The van der Waals surface area contributed by atoms with Gasteiger partial charge in [-0.25, -0.2) is 4.98 Å². The number of piperazine rings is 1. The monoisotopic (exact) mass is 489 g/mol. The maximum atomic E-state index is 12.7. The molecule has 5 rings (SSSR count). The number of carbonyl (C=O) groups excluding carboxylic acids is 2. The van der Waals surface area contributed by atoms with Crippen molar-refractivity contribution in [1.29, 1.82) is 0 Å². The molecule has 0 bridgehead atoms. The number of amides is 2. The molecule has 4 heterocycles. The second kappa shape index (κ2) is 10.1. The minimum absolute atomic E-state index is 0.0449. The molecule has 0 aromatic carbocycles. The maximum Gasteiger partial charge on any atom is 0.259 e.